The number of piperidine rings is 1. The van der Waals surface area contributed by atoms with Crippen LogP contribution in [0.5, 0.6) is 5.75 Å². The predicted octanol–water partition coefficient (Wildman–Crippen LogP) is 2.86. The van der Waals surface area contributed by atoms with Crippen molar-refractivity contribution in [2.45, 2.75) is 36.0 Å². The Morgan fingerprint density at radius 2 is 2.17 bits per heavy atom. The molecule has 6 heteroatoms. The number of rotatable bonds is 6. The highest BCUT2D eigenvalue weighted by Gasteiger charge is 2.51. The van der Waals surface area contributed by atoms with Gasteiger partial charge in [-0.2, -0.15) is 0 Å². The molecule has 1 aliphatic heterocycles. The zero-order valence-electron chi connectivity index (χ0n) is 13.4. The Bertz CT molecular complexity index is 658. The molecule has 128 valence electrons. The van der Waals surface area contributed by atoms with Crippen molar-refractivity contribution in [1.82, 2.24) is 5.32 Å². The average Bonchev–Trinajstić information content (AvgIpc) is 3.28. The largest absolute Gasteiger partial charge is 0.494 e. The number of halogens is 1. The number of alkyl halides is 1. The molecule has 23 heavy (non-hydrogen) atoms. The summed E-state index contributed by atoms with van der Waals surface area (Å²) in [6.45, 7) is 2.55. The molecule has 1 saturated carbocycles. The SMILES string of the molecule is CS(=O)(=O)c1cccc(OCCC2(C3CCNCC3Cl)CC2)c1. The van der Waals surface area contributed by atoms with E-state index < -0.39 is 9.84 Å². The van der Waals surface area contributed by atoms with Gasteiger partial charge in [-0.3, -0.25) is 0 Å². The van der Waals surface area contributed by atoms with Gasteiger partial charge in [0.2, 0.25) is 0 Å². The van der Waals surface area contributed by atoms with Crippen molar-refractivity contribution >= 4 is 21.4 Å². The summed E-state index contributed by atoms with van der Waals surface area (Å²) >= 11 is 6.50. The summed E-state index contributed by atoms with van der Waals surface area (Å²) in [5.41, 5.74) is 0.336. The molecule has 2 fully saturated rings. The quantitative estimate of drug-likeness (QED) is 0.795. The zero-order chi connectivity index (χ0) is 16.5. The molecule has 4 nitrogen and oxygen atoms in total. The van der Waals surface area contributed by atoms with E-state index in [1.165, 1.54) is 19.1 Å². The van der Waals surface area contributed by atoms with E-state index in [4.69, 9.17) is 16.3 Å². The molecule has 1 aromatic carbocycles. The molecule has 1 aromatic rings. The van der Waals surface area contributed by atoms with E-state index in [9.17, 15) is 8.42 Å². The molecule has 2 unspecified atom stereocenters. The highest BCUT2D eigenvalue weighted by Crippen LogP contribution is 2.58. The Morgan fingerprint density at radius 3 is 2.83 bits per heavy atom. The van der Waals surface area contributed by atoms with Gasteiger partial charge in [0.15, 0.2) is 9.84 Å². The van der Waals surface area contributed by atoms with Crippen molar-refractivity contribution in [2.75, 3.05) is 26.0 Å². The highest BCUT2D eigenvalue weighted by molar-refractivity contribution is 7.90. The van der Waals surface area contributed by atoms with Gasteiger partial charge in [0, 0.05) is 18.2 Å². The van der Waals surface area contributed by atoms with Gasteiger partial charge in [0.05, 0.1) is 11.5 Å². The molecular weight excluding hydrogens is 334 g/mol. The van der Waals surface area contributed by atoms with E-state index in [-0.39, 0.29) is 5.38 Å². The monoisotopic (exact) mass is 357 g/mol. The molecule has 0 aromatic heterocycles. The Hall–Kier alpha value is -0.780. The number of hydrogen-bond acceptors (Lipinski definition) is 4. The van der Waals surface area contributed by atoms with Crippen LogP contribution in [0, 0.1) is 11.3 Å². The minimum Gasteiger partial charge on any atom is -0.494 e. The molecule has 0 spiro atoms. The molecule has 0 amide bonds. The van der Waals surface area contributed by atoms with E-state index in [0.29, 0.717) is 28.6 Å². The van der Waals surface area contributed by atoms with Crippen LogP contribution in [0.2, 0.25) is 0 Å². The van der Waals surface area contributed by atoms with Crippen LogP contribution in [-0.4, -0.2) is 39.7 Å². The molecule has 2 aliphatic rings. The van der Waals surface area contributed by atoms with E-state index in [1.807, 2.05) is 6.07 Å². The van der Waals surface area contributed by atoms with Crippen LogP contribution in [0.25, 0.3) is 0 Å². The molecule has 0 radical (unpaired) electrons. The summed E-state index contributed by atoms with van der Waals surface area (Å²) in [7, 11) is -3.20. The standard InChI is InChI=1S/C17H24ClNO3S/c1-23(20,21)14-4-2-3-13(11-14)22-10-8-17(6-7-17)15-5-9-19-12-16(15)18/h2-4,11,15-16,19H,5-10,12H2,1H3. The van der Waals surface area contributed by atoms with Crippen molar-refractivity contribution in [2.24, 2.45) is 11.3 Å². The first-order valence-corrected chi connectivity index (χ1v) is 10.5. The number of nitrogens with one attached hydrogen (secondary N) is 1. The minimum absolute atomic E-state index is 0.208. The normalized spacial score (nSPS) is 26.7. The van der Waals surface area contributed by atoms with Crippen molar-refractivity contribution < 1.29 is 13.2 Å². The van der Waals surface area contributed by atoms with Gasteiger partial charge in [0.25, 0.3) is 0 Å². The summed E-state index contributed by atoms with van der Waals surface area (Å²) in [5, 5.41) is 3.55. The number of ether oxygens (including phenoxy) is 1. The number of sulfone groups is 1. The van der Waals surface area contributed by atoms with Crippen LogP contribution >= 0.6 is 11.6 Å². The molecule has 1 N–H and O–H groups in total. The Balaban J connectivity index is 1.57. The molecule has 1 heterocycles. The third kappa shape index (κ3) is 4.01. The Morgan fingerprint density at radius 1 is 1.39 bits per heavy atom. The van der Waals surface area contributed by atoms with Crippen molar-refractivity contribution in [3.05, 3.63) is 24.3 Å². The van der Waals surface area contributed by atoms with Gasteiger partial charge in [-0.1, -0.05) is 6.07 Å². The summed E-state index contributed by atoms with van der Waals surface area (Å²) in [6, 6.07) is 6.73. The van der Waals surface area contributed by atoms with Crippen molar-refractivity contribution in [1.29, 1.82) is 0 Å². The van der Waals surface area contributed by atoms with Gasteiger partial charge >= 0.3 is 0 Å². The predicted molar refractivity (Wildman–Crippen MR) is 91.9 cm³/mol. The lowest BCUT2D eigenvalue weighted by Crippen LogP contribution is -2.41. The molecular formula is C17H24ClNO3S. The molecule has 1 saturated heterocycles. The second-order valence-electron chi connectivity index (χ2n) is 6.82. The zero-order valence-corrected chi connectivity index (χ0v) is 15.0. The maximum atomic E-state index is 11.6. The fourth-order valence-corrected chi connectivity index (χ4v) is 4.80. The van der Waals surface area contributed by atoms with Gasteiger partial charge in [-0.15, -0.1) is 11.6 Å². The maximum Gasteiger partial charge on any atom is 0.175 e. The Kier molecular flexibility index (Phi) is 4.90. The fourth-order valence-electron chi connectivity index (χ4n) is 3.64. The third-order valence-electron chi connectivity index (χ3n) is 5.19. The van der Waals surface area contributed by atoms with Crippen molar-refractivity contribution in [3.8, 4) is 5.75 Å². The number of hydrogen-bond donors (Lipinski definition) is 1. The molecule has 0 bridgehead atoms. The van der Waals surface area contributed by atoms with Crippen LogP contribution in [-0.2, 0) is 9.84 Å². The molecule has 3 rings (SSSR count). The van der Waals surface area contributed by atoms with Gasteiger partial charge in [0.1, 0.15) is 5.75 Å². The lowest BCUT2D eigenvalue weighted by Gasteiger charge is -2.34. The highest BCUT2D eigenvalue weighted by atomic mass is 35.5. The first kappa shape index (κ1) is 17.1. The second-order valence-corrected chi connectivity index (χ2v) is 9.40. The average molecular weight is 358 g/mol. The van der Waals surface area contributed by atoms with E-state index in [0.717, 1.165) is 25.9 Å². The second kappa shape index (κ2) is 6.61. The summed E-state index contributed by atoms with van der Waals surface area (Å²) in [4.78, 5) is 0.301. The van der Waals surface area contributed by atoms with Gasteiger partial charge < -0.3 is 10.1 Å². The molecule has 2 atom stereocenters. The van der Waals surface area contributed by atoms with E-state index >= 15 is 0 Å². The van der Waals surface area contributed by atoms with Crippen LogP contribution in [0.4, 0.5) is 0 Å². The van der Waals surface area contributed by atoms with Gasteiger partial charge in [-0.25, -0.2) is 8.42 Å². The summed E-state index contributed by atoms with van der Waals surface area (Å²) in [6.07, 6.45) is 5.80. The first-order valence-electron chi connectivity index (χ1n) is 8.18. The fraction of sp³-hybridized carbons (Fsp3) is 0.647. The van der Waals surface area contributed by atoms with Crippen LogP contribution in [0.3, 0.4) is 0 Å². The lowest BCUT2D eigenvalue weighted by molar-refractivity contribution is 0.188. The summed E-state index contributed by atoms with van der Waals surface area (Å²) < 4.78 is 29.0. The van der Waals surface area contributed by atoms with Gasteiger partial charge in [-0.05, 0) is 61.8 Å². The smallest absolute Gasteiger partial charge is 0.175 e. The number of benzene rings is 1. The van der Waals surface area contributed by atoms with Crippen LogP contribution < -0.4 is 10.1 Å². The molecule has 1 aliphatic carbocycles. The van der Waals surface area contributed by atoms with Crippen LogP contribution in [0.15, 0.2) is 29.2 Å². The van der Waals surface area contributed by atoms with Crippen molar-refractivity contribution in [3.63, 3.8) is 0 Å². The lowest BCUT2D eigenvalue weighted by atomic mass is 9.80. The van der Waals surface area contributed by atoms with E-state index in [2.05, 4.69) is 5.32 Å². The third-order valence-corrected chi connectivity index (χ3v) is 6.76. The summed E-state index contributed by atoms with van der Waals surface area (Å²) in [5.74, 6) is 1.19. The first-order chi connectivity index (χ1) is 10.9. The Labute approximate surface area is 143 Å². The van der Waals surface area contributed by atoms with E-state index in [1.54, 1.807) is 18.2 Å². The maximum absolute atomic E-state index is 11.6. The minimum atomic E-state index is -3.20. The van der Waals surface area contributed by atoms with Crippen LogP contribution in [0.1, 0.15) is 25.7 Å². The topological polar surface area (TPSA) is 55.4 Å².